The second-order valence-corrected chi connectivity index (χ2v) is 9.84. The largest absolute Gasteiger partial charge is 0.393 e. The molecule has 30 heavy (non-hydrogen) atoms. The summed E-state index contributed by atoms with van der Waals surface area (Å²) in [5.41, 5.74) is -0.485. The van der Waals surface area contributed by atoms with Gasteiger partial charge >= 0.3 is 0 Å². The van der Waals surface area contributed by atoms with Crippen LogP contribution in [0.3, 0.4) is 0 Å². The maximum atomic E-state index is 12.5. The zero-order chi connectivity index (χ0) is 23.1. The molecule has 0 aromatic carbocycles. The van der Waals surface area contributed by atoms with Crippen molar-refractivity contribution in [2.75, 3.05) is 25.4 Å². The molecule has 0 radical (unpaired) electrons. The monoisotopic (exact) mass is 448 g/mol. The zero-order valence-electron chi connectivity index (χ0n) is 18.7. The molecule has 9 nitrogen and oxygen atoms in total. The normalized spacial score (nSPS) is 23.1. The Balaban J connectivity index is 2.30. The van der Waals surface area contributed by atoms with Gasteiger partial charge in [0, 0.05) is 30.7 Å². The standard InChI is InChI=1S/C20H36N2O7S/c1-12(23)15(13(2)24)18(27)30-10-9-21-14(25)7-8-22-17(26)16-19(3,4)11-28-20(5,6)29-16/h12-13,15-16,23-24H,7-11H2,1-6H3,(H,21,25)(H,22,26)/t12?,13?,15?,16-/m0/s1. The van der Waals surface area contributed by atoms with Gasteiger partial charge in [-0.15, -0.1) is 0 Å². The maximum absolute atomic E-state index is 12.5. The number of carbonyl (C=O) groups is 3. The van der Waals surface area contributed by atoms with Gasteiger partial charge in [0.15, 0.2) is 10.9 Å². The third kappa shape index (κ3) is 8.50. The fourth-order valence-electron chi connectivity index (χ4n) is 3.04. The minimum atomic E-state index is -0.946. The zero-order valence-corrected chi connectivity index (χ0v) is 19.5. The van der Waals surface area contributed by atoms with Crippen molar-refractivity contribution in [1.82, 2.24) is 10.6 Å². The highest BCUT2D eigenvalue weighted by Gasteiger charge is 2.45. The number of hydrogen-bond donors (Lipinski definition) is 4. The molecule has 0 spiro atoms. The van der Waals surface area contributed by atoms with Crippen molar-refractivity contribution in [3.63, 3.8) is 0 Å². The smallest absolute Gasteiger partial charge is 0.249 e. The lowest BCUT2D eigenvalue weighted by Crippen LogP contribution is -2.56. The second-order valence-electron chi connectivity index (χ2n) is 8.74. The molecule has 1 aliphatic rings. The van der Waals surface area contributed by atoms with Crippen molar-refractivity contribution in [2.45, 2.75) is 72.1 Å². The molecule has 2 unspecified atom stereocenters. The summed E-state index contributed by atoms with van der Waals surface area (Å²) in [4.78, 5) is 36.5. The Morgan fingerprint density at radius 3 is 2.23 bits per heavy atom. The Morgan fingerprint density at radius 1 is 1.07 bits per heavy atom. The van der Waals surface area contributed by atoms with E-state index in [1.54, 1.807) is 13.8 Å². The van der Waals surface area contributed by atoms with E-state index in [1.807, 2.05) is 13.8 Å². The van der Waals surface area contributed by atoms with E-state index in [-0.39, 0.29) is 36.4 Å². The van der Waals surface area contributed by atoms with Crippen LogP contribution in [0.25, 0.3) is 0 Å². The quantitative estimate of drug-likeness (QED) is 0.353. The molecule has 1 saturated heterocycles. The minimum absolute atomic E-state index is 0.0986. The minimum Gasteiger partial charge on any atom is -0.393 e. The van der Waals surface area contributed by atoms with Crippen LogP contribution in [-0.4, -0.2) is 76.7 Å². The number of aliphatic hydroxyl groups excluding tert-OH is 2. The van der Waals surface area contributed by atoms with E-state index >= 15 is 0 Å². The van der Waals surface area contributed by atoms with E-state index in [4.69, 9.17) is 9.47 Å². The summed E-state index contributed by atoms with van der Waals surface area (Å²) in [5, 5.41) is 24.3. The van der Waals surface area contributed by atoms with Crippen molar-refractivity contribution in [3.05, 3.63) is 0 Å². The molecular weight excluding hydrogens is 412 g/mol. The van der Waals surface area contributed by atoms with Crippen molar-refractivity contribution in [2.24, 2.45) is 11.3 Å². The first-order valence-corrected chi connectivity index (χ1v) is 11.1. The number of rotatable bonds is 10. The predicted octanol–water partition coefficient (Wildman–Crippen LogP) is 0.424. The molecule has 10 heteroatoms. The Labute approximate surface area is 182 Å². The van der Waals surface area contributed by atoms with Gasteiger partial charge in [0.05, 0.1) is 24.7 Å². The molecule has 1 rings (SSSR count). The van der Waals surface area contributed by atoms with Crippen LogP contribution in [0.2, 0.25) is 0 Å². The highest BCUT2D eigenvalue weighted by Crippen LogP contribution is 2.34. The SMILES string of the molecule is CC(O)C(C(=O)SCCNC(=O)CCNC(=O)[C@@H]1OC(C)(C)OCC1(C)C)C(C)O. The third-order valence-electron chi connectivity index (χ3n) is 4.77. The summed E-state index contributed by atoms with van der Waals surface area (Å²) in [7, 11) is 0. The molecule has 4 N–H and O–H groups in total. The number of carbonyl (C=O) groups excluding carboxylic acids is 3. The third-order valence-corrected chi connectivity index (χ3v) is 5.74. The van der Waals surface area contributed by atoms with Gasteiger partial charge in [0.25, 0.3) is 0 Å². The number of nitrogens with one attached hydrogen (secondary N) is 2. The molecule has 0 aromatic rings. The lowest BCUT2D eigenvalue weighted by Gasteiger charge is -2.44. The molecule has 1 fully saturated rings. The van der Waals surface area contributed by atoms with E-state index in [9.17, 15) is 24.6 Å². The number of ether oxygens (including phenoxy) is 2. The van der Waals surface area contributed by atoms with Crippen LogP contribution >= 0.6 is 11.8 Å². The van der Waals surface area contributed by atoms with Gasteiger partial charge in [0.2, 0.25) is 11.8 Å². The van der Waals surface area contributed by atoms with Crippen LogP contribution in [-0.2, 0) is 23.9 Å². The first-order valence-electron chi connectivity index (χ1n) is 10.2. The average molecular weight is 449 g/mol. The molecule has 0 aromatic heterocycles. The molecule has 0 saturated carbocycles. The van der Waals surface area contributed by atoms with Crippen LogP contribution in [0.1, 0.15) is 48.0 Å². The van der Waals surface area contributed by atoms with Crippen molar-refractivity contribution >= 4 is 28.7 Å². The Bertz CT molecular complexity index is 600. The van der Waals surface area contributed by atoms with Gasteiger partial charge in [-0.1, -0.05) is 25.6 Å². The summed E-state index contributed by atoms with van der Waals surface area (Å²) in [6.45, 7) is 11.0. The Morgan fingerprint density at radius 2 is 1.67 bits per heavy atom. The summed E-state index contributed by atoms with van der Waals surface area (Å²) in [5.74, 6) is -1.91. The predicted molar refractivity (Wildman–Crippen MR) is 114 cm³/mol. The maximum Gasteiger partial charge on any atom is 0.249 e. The molecule has 0 aliphatic carbocycles. The lowest BCUT2D eigenvalue weighted by atomic mass is 9.85. The molecular formula is C20H36N2O7S. The molecule has 2 amide bonds. The highest BCUT2D eigenvalue weighted by atomic mass is 32.2. The molecule has 0 bridgehead atoms. The van der Waals surface area contributed by atoms with Crippen LogP contribution in [0, 0.1) is 11.3 Å². The second kappa shape index (κ2) is 11.4. The summed E-state index contributed by atoms with van der Waals surface area (Å²) < 4.78 is 11.4. The van der Waals surface area contributed by atoms with Crippen molar-refractivity contribution in [3.8, 4) is 0 Å². The van der Waals surface area contributed by atoms with Crippen LogP contribution in [0.5, 0.6) is 0 Å². The van der Waals surface area contributed by atoms with E-state index in [1.165, 1.54) is 13.8 Å². The molecule has 1 heterocycles. The van der Waals surface area contributed by atoms with E-state index < -0.39 is 35.4 Å². The molecule has 1 aliphatic heterocycles. The lowest BCUT2D eigenvalue weighted by molar-refractivity contribution is -0.304. The first-order chi connectivity index (χ1) is 13.8. The van der Waals surface area contributed by atoms with Gasteiger partial charge in [-0.05, 0) is 27.7 Å². The number of thioether (sulfide) groups is 1. The van der Waals surface area contributed by atoms with Gasteiger partial charge in [0.1, 0.15) is 6.10 Å². The van der Waals surface area contributed by atoms with Crippen molar-refractivity contribution < 1.29 is 34.1 Å². The van der Waals surface area contributed by atoms with E-state index in [2.05, 4.69) is 10.6 Å². The van der Waals surface area contributed by atoms with E-state index in [0.29, 0.717) is 12.4 Å². The van der Waals surface area contributed by atoms with Crippen molar-refractivity contribution in [1.29, 1.82) is 0 Å². The average Bonchev–Trinajstić information content (AvgIpc) is 2.60. The molecule has 3 atom stereocenters. The summed E-state index contributed by atoms with van der Waals surface area (Å²) in [6.07, 6.45) is -2.47. The summed E-state index contributed by atoms with van der Waals surface area (Å²) >= 11 is 0.958. The fraction of sp³-hybridized carbons (Fsp3) is 0.850. The van der Waals surface area contributed by atoms with Crippen LogP contribution in [0.15, 0.2) is 0 Å². The van der Waals surface area contributed by atoms with Gasteiger partial charge in [-0.2, -0.15) is 0 Å². The topological polar surface area (TPSA) is 134 Å². The van der Waals surface area contributed by atoms with Gasteiger partial charge in [-0.25, -0.2) is 0 Å². The Hall–Kier alpha value is -1.20. The van der Waals surface area contributed by atoms with Crippen LogP contribution in [0.4, 0.5) is 0 Å². The number of hydrogen-bond acceptors (Lipinski definition) is 8. The number of aliphatic hydroxyl groups is 2. The number of amides is 2. The fourth-order valence-corrected chi connectivity index (χ4v) is 4.03. The van der Waals surface area contributed by atoms with E-state index in [0.717, 1.165) is 11.8 Å². The Kier molecular flexibility index (Phi) is 10.2. The molecule has 174 valence electrons. The highest BCUT2D eigenvalue weighted by molar-refractivity contribution is 8.13. The first kappa shape index (κ1) is 26.8. The summed E-state index contributed by atoms with van der Waals surface area (Å²) in [6, 6.07) is 0. The van der Waals surface area contributed by atoms with Gasteiger partial charge in [-0.3, -0.25) is 14.4 Å². The van der Waals surface area contributed by atoms with Gasteiger partial charge < -0.3 is 30.3 Å². The van der Waals surface area contributed by atoms with Crippen LogP contribution < -0.4 is 10.6 Å².